The van der Waals surface area contributed by atoms with Gasteiger partial charge in [-0.3, -0.25) is 19.9 Å². The Kier molecular flexibility index (Phi) is 15.5. The second-order valence-corrected chi connectivity index (χ2v) is 6.12. The van der Waals surface area contributed by atoms with Gasteiger partial charge in [-0.2, -0.15) is 0 Å². The molecule has 0 bridgehead atoms. The normalized spacial score (nSPS) is 8.41. The molecule has 0 fully saturated rings. The van der Waals surface area contributed by atoms with Crippen molar-refractivity contribution >= 4 is 0 Å². The van der Waals surface area contributed by atoms with Gasteiger partial charge in [0.1, 0.15) is 0 Å². The summed E-state index contributed by atoms with van der Waals surface area (Å²) in [7, 11) is 0. The van der Waals surface area contributed by atoms with Crippen LogP contribution in [0.4, 0.5) is 0 Å². The standard InChI is InChI=1S/4C6H7N.Cu/c4*1-6-3-2-4-7-5-6;/h4*2-5H,1H3;/q;;;;+1. The van der Waals surface area contributed by atoms with Gasteiger partial charge in [0, 0.05) is 49.6 Å². The molecule has 4 heterocycles. The molecular formula is C24H28CuN4+. The van der Waals surface area contributed by atoms with Gasteiger partial charge in [-0.25, -0.2) is 0 Å². The second-order valence-electron chi connectivity index (χ2n) is 6.12. The van der Waals surface area contributed by atoms with E-state index in [0.29, 0.717) is 0 Å². The molecule has 4 aromatic heterocycles. The molecule has 0 aliphatic carbocycles. The number of nitrogens with zero attached hydrogens (tertiary/aromatic N) is 4. The summed E-state index contributed by atoms with van der Waals surface area (Å²) in [5.74, 6) is 0. The predicted octanol–water partition coefficient (Wildman–Crippen LogP) is 5.56. The largest absolute Gasteiger partial charge is 1.00 e. The molecule has 0 unspecified atom stereocenters. The maximum absolute atomic E-state index is 3.88. The molecule has 0 aromatic carbocycles. The van der Waals surface area contributed by atoms with Gasteiger partial charge in [0.25, 0.3) is 0 Å². The van der Waals surface area contributed by atoms with Crippen LogP contribution in [0, 0.1) is 27.7 Å². The Labute approximate surface area is 185 Å². The van der Waals surface area contributed by atoms with E-state index in [1.807, 2.05) is 101 Å². The maximum Gasteiger partial charge on any atom is 1.00 e. The third kappa shape index (κ3) is 15.8. The van der Waals surface area contributed by atoms with Crippen LogP contribution in [0.3, 0.4) is 0 Å². The Morgan fingerprint density at radius 2 is 0.621 bits per heavy atom. The van der Waals surface area contributed by atoms with Crippen LogP contribution in [0.1, 0.15) is 22.3 Å². The Bertz CT molecular complexity index is 693. The zero-order valence-corrected chi connectivity index (χ0v) is 18.3. The number of pyridine rings is 4. The summed E-state index contributed by atoms with van der Waals surface area (Å²) < 4.78 is 0. The minimum absolute atomic E-state index is 0. The Morgan fingerprint density at radius 3 is 0.690 bits per heavy atom. The van der Waals surface area contributed by atoms with Crippen molar-refractivity contribution in [1.29, 1.82) is 0 Å². The predicted molar refractivity (Wildman–Crippen MR) is 116 cm³/mol. The summed E-state index contributed by atoms with van der Waals surface area (Å²) in [6.45, 7) is 8.08. The molecule has 5 heteroatoms. The Balaban J connectivity index is 0.000000356. The van der Waals surface area contributed by atoms with Crippen molar-refractivity contribution in [2.75, 3.05) is 0 Å². The van der Waals surface area contributed by atoms with Crippen molar-refractivity contribution in [3.05, 3.63) is 120 Å². The van der Waals surface area contributed by atoms with E-state index in [2.05, 4.69) is 19.9 Å². The van der Waals surface area contributed by atoms with Gasteiger partial charge in [-0.05, 0) is 74.2 Å². The van der Waals surface area contributed by atoms with Crippen LogP contribution in [-0.2, 0) is 17.1 Å². The Morgan fingerprint density at radius 1 is 0.414 bits per heavy atom. The fourth-order valence-corrected chi connectivity index (χ4v) is 1.79. The average molecular weight is 436 g/mol. The zero-order chi connectivity index (χ0) is 20.5. The molecule has 0 aliphatic rings. The molecule has 29 heavy (non-hydrogen) atoms. The van der Waals surface area contributed by atoms with Crippen molar-refractivity contribution in [2.24, 2.45) is 0 Å². The van der Waals surface area contributed by atoms with E-state index in [0.717, 1.165) is 0 Å². The van der Waals surface area contributed by atoms with E-state index in [9.17, 15) is 0 Å². The maximum atomic E-state index is 3.88. The van der Waals surface area contributed by atoms with Crippen LogP contribution in [0.5, 0.6) is 0 Å². The number of aromatic nitrogens is 4. The summed E-state index contributed by atoms with van der Waals surface area (Å²) in [4.78, 5) is 15.5. The minimum atomic E-state index is 0. The first-order chi connectivity index (χ1) is 13.6. The van der Waals surface area contributed by atoms with Crippen LogP contribution in [-0.4, -0.2) is 19.9 Å². The quantitative estimate of drug-likeness (QED) is 0.339. The van der Waals surface area contributed by atoms with Crippen molar-refractivity contribution < 1.29 is 17.1 Å². The molecule has 0 N–H and O–H groups in total. The van der Waals surface area contributed by atoms with Crippen molar-refractivity contribution in [3.63, 3.8) is 0 Å². The molecule has 4 rings (SSSR count). The zero-order valence-electron chi connectivity index (χ0n) is 17.3. The molecule has 0 saturated heterocycles. The monoisotopic (exact) mass is 435 g/mol. The van der Waals surface area contributed by atoms with Crippen LogP contribution in [0.2, 0.25) is 0 Å². The SMILES string of the molecule is Cc1cccnc1.Cc1cccnc1.Cc1cccnc1.Cc1cccnc1.[Cu+]. The van der Waals surface area contributed by atoms with Crippen LogP contribution < -0.4 is 0 Å². The molecule has 0 amide bonds. The molecule has 4 aromatic rings. The fraction of sp³-hybridized carbons (Fsp3) is 0.167. The number of hydrogen-bond acceptors (Lipinski definition) is 4. The number of hydrogen-bond donors (Lipinski definition) is 0. The number of aryl methyl sites for hydroxylation is 4. The topological polar surface area (TPSA) is 51.6 Å². The van der Waals surface area contributed by atoms with E-state index in [4.69, 9.17) is 0 Å². The smallest absolute Gasteiger partial charge is 0.264 e. The third-order valence-corrected chi connectivity index (χ3v) is 3.24. The van der Waals surface area contributed by atoms with Gasteiger partial charge in [0.15, 0.2) is 0 Å². The minimum Gasteiger partial charge on any atom is -0.264 e. The van der Waals surface area contributed by atoms with Crippen molar-refractivity contribution in [3.8, 4) is 0 Å². The fourth-order valence-electron chi connectivity index (χ4n) is 1.79. The molecule has 0 radical (unpaired) electrons. The van der Waals surface area contributed by atoms with Gasteiger partial charge in [-0.1, -0.05) is 24.3 Å². The first kappa shape index (κ1) is 26.1. The van der Waals surface area contributed by atoms with E-state index in [1.54, 1.807) is 24.8 Å². The van der Waals surface area contributed by atoms with Gasteiger partial charge in [-0.15, -0.1) is 0 Å². The summed E-state index contributed by atoms with van der Waals surface area (Å²) in [5.41, 5.74) is 4.84. The van der Waals surface area contributed by atoms with Crippen LogP contribution in [0.15, 0.2) is 98.1 Å². The van der Waals surface area contributed by atoms with E-state index < -0.39 is 0 Å². The molecular weight excluding hydrogens is 408 g/mol. The molecule has 0 atom stereocenters. The van der Waals surface area contributed by atoms with Gasteiger partial charge in [0.2, 0.25) is 0 Å². The van der Waals surface area contributed by atoms with Crippen LogP contribution >= 0.6 is 0 Å². The second kappa shape index (κ2) is 17.2. The van der Waals surface area contributed by atoms with E-state index >= 15 is 0 Å². The van der Waals surface area contributed by atoms with Gasteiger partial charge >= 0.3 is 17.1 Å². The van der Waals surface area contributed by atoms with Crippen LogP contribution in [0.25, 0.3) is 0 Å². The van der Waals surface area contributed by atoms with Gasteiger partial charge in [0.05, 0.1) is 0 Å². The molecule has 0 aliphatic heterocycles. The van der Waals surface area contributed by atoms with Gasteiger partial charge < -0.3 is 0 Å². The van der Waals surface area contributed by atoms with E-state index in [1.165, 1.54) is 22.3 Å². The summed E-state index contributed by atoms with van der Waals surface area (Å²) >= 11 is 0. The van der Waals surface area contributed by atoms with Crippen molar-refractivity contribution in [1.82, 2.24) is 19.9 Å². The Hall–Kier alpha value is -2.88. The molecule has 0 spiro atoms. The summed E-state index contributed by atoms with van der Waals surface area (Å²) in [6, 6.07) is 15.8. The third-order valence-electron chi connectivity index (χ3n) is 3.24. The molecule has 4 nitrogen and oxygen atoms in total. The first-order valence-electron chi connectivity index (χ1n) is 9.04. The average Bonchev–Trinajstić information content (AvgIpc) is 2.72. The molecule has 154 valence electrons. The number of rotatable bonds is 0. The summed E-state index contributed by atoms with van der Waals surface area (Å²) in [6.07, 6.45) is 14.4. The summed E-state index contributed by atoms with van der Waals surface area (Å²) in [5, 5.41) is 0. The first-order valence-corrected chi connectivity index (χ1v) is 9.04. The molecule has 0 saturated carbocycles. The van der Waals surface area contributed by atoms with Crippen molar-refractivity contribution in [2.45, 2.75) is 27.7 Å². The van der Waals surface area contributed by atoms with E-state index in [-0.39, 0.29) is 17.1 Å².